The van der Waals surface area contributed by atoms with Crippen molar-refractivity contribution >= 4 is 17.8 Å². The number of carbonyl (C=O) groups excluding carboxylic acids is 2. The molecule has 0 fully saturated rings. The molecule has 0 aliphatic heterocycles. The molecule has 1 aromatic carbocycles. The number of nitrogens with one attached hydrogen (secondary N) is 3. The SMILES string of the molecule is CCOc1ccc(CCNC(=O)C(=O)Nc2ncn[nH]2)cc1OCC. The van der Waals surface area contributed by atoms with Crippen LogP contribution in [0, 0.1) is 0 Å². The van der Waals surface area contributed by atoms with E-state index >= 15 is 0 Å². The molecule has 9 heteroatoms. The molecule has 134 valence electrons. The van der Waals surface area contributed by atoms with E-state index in [2.05, 4.69) is 25.8 Å². The van der Waals surface area contributed by atoms with Gasteiger partial charge in [-0.25, -0.2) is 5.10 Å². The van der Waals surface area contributed by atoms with E-state index in [0.29, 0.717) is 37.7 Å². The second-order valence-electron chi connectivity index (χ2n) is 4.94. The van der Waals surface area contributed by atoms with Gasteiger partial charge in [0.05, 0.1) is 13.2 Å². The predicted molar refractivity (Wildman–Crippen MR) is 90.5 cm³/mol. The van der Waals surface area contributed by atoms with Crippen LogP contribution in [-0.2, 0) is 16.0 Å². The van der Waals surface area contributed by atoms with E-state index in [0.717, 1.165) is 5.56 Å². The van der Waals surface area contributed by atoms with Gasteiger partial charge in [0.1, 0.15) is 6.33 Å². The summed E-state index contributed by atoms with van der Waals surface area (Å²) in [5, 5.41) is 10.9. The van der Waals surface area contributed by atoms with Gasteiger partial charge in [0, 0.05) is 6.54 Å². The Kier molecular flexibility index (Phi) is 6.76. The van der Waals surface area contributed by atoms with Crippen molar-refractivity contribution in [1.29, 1.82) is 0 Å². The largest absolute Gasteiger partial charge is 0.490 e. The number of nitrogens with zero attached hydrogens (tertiary/aromatic N) is 2. The molecular weight excluding hydrogens is 326 g/mol. The number of rotatable bonds is 8. The first-order valence-electron chi connectivity index (χ1n) is 7.97. The summed E-state index contributed by atoms with van der Waals surface area (Å²) in [7, 11) is 0. The van der Waals surface area contributed by atoms with E-state index in [-0.39, 0.29) is 5.95 Å². The molecule has 0 aliphatic rings. The molecule has 0 saturated carbocycles. The number of carbonyl (C=O) groups is 2. The molecule has 0 radical (unpaired) electrons. The lowest BCUT2D eigenvalue weighted by atomic mass is 10.1. The minimum absolute atomic E-state index is 0.119. The quantitative estimate of drug-likeness (QED) is 0.611. The van der Waals surface area contributed by atoms with Gasteiger partial charge >= 0.3 is 11.8 Å². The Morgan fingerprint density at radius 1 is 1.12 bits per heavy atom. The van der Waals surface area contributed by atoms with Crippen LogP contribution in [0.2, 0.25) is 0 Å². The van der Waals surface area contributed by atoms with E-state index in [4.69, 9.17) is 9.47 Å². The van der Waals surface area contributed by atoms with E-state index in [1.165, 1.54) is 6.33 Å². The molecule has 2 amide bonds. The molecular formula is C16H21N5O4. The molecule has 0 aliphatic carbocycles. The van der Waals surface area contributed by atoms with Crippen molar-refractivity contribution in [3.8, 4) is 11.5 Å². The number of aromatic amines is 1. The average Bonchev–Trinajstić information content (AvgIpc) is 3.10. The molecule has 0 bridgehead atoms. The molecule has 0 saturated heterocycles. The third-order valence-corrected chi connectivity index (χ3v) is 3.16. The summed E-state index contributed by atoms with van der Waals surface area (Å²) >= 11 is 0. The van der Waals surface area contributed by atoms with Crippen LogP contribution in [0.5, 0.6) is 11.5 Å². The monoisotopic (exact) mass is 347 g/mol. The molecule has 1 heterocycles. The van der Waals surface area contributed by atoms with Gasteiger partial charge in [-0.3, -0.25) is 14.9 Å². The maximum absolute atomic E-state index is 11.7. The number of anilines is 1. The first kappa shape index (κ1) is 18.2. The van der Waals surface area contributed by atoms with Crippen LogP contribution in [0.3, 0.4) is 0 Å². The third-order valence-electron chi connectivity index (χ3n) is 3.16. The number of benzene rings is 1. The average molecular weight is 347 g/mol. The Balaban J connectivity index is 1.85. The van der Waals surface area contributed by atoms with Gasteiger partial charge in [0.2, 0.25) is 5.95 Å². The van der Waals surface area contributed by atoms with Gasteiger partial charge in [0.15, 0.2) is 11.5 Å². The Bertz CT molecular complexity index is 703. The lowest BCUT2D eigenvalue weighted by Gasteiger charge is -2.12. The maximum Gasteiger partial charge on any atom is 0.316 e. The lowest BCUT2D eigenvalue weighted by molar-refractivity contribution is -0.136. The van der Waals surface area contributed by atoms with E-state index in [1.54, 1.807) is 0 Å². The fourth-order valence-corrected chi connectivity index (χ4v) is 2.08. The number of amides is 2. The highest BCUT2D eigenvalue weighted by Gasteiger charge is 2.14. The number of hydrogen-bond acceptors (Lipinski definition) is 6. The second-order valence-corrected chi connectivity index (χ2v) is 4.94. The van der Waals surface area contributed by atoms with Crippen molar-refractivity contribution < 1.29 is 19.1 Å². The molecule has 0 unspecified atom stereocenters. The van der Waals surface area contributed by atoms with Crippen LogP contribution in [0.1, 0.15) is 19.4 Å². The number of hydrogen-bond donors (Lipinski definition) is 3. The second kappa shape index (κ2) is 9.26. The highest BCUT2D eigenvalue weighted by atomic mass is 16.5. The molecule has 1 aromatic heterocycles. The molecule has 2 rings (SSSR count). The zero-order chi connectivity index (χ0) is 18.1. The maximum atomic E-state index is 11.7. The van der Waals surface area contributed by atoms with E-state index in [1.807, 2.05) is 32.0 Å². The normalized spacial score (nSPS) is 10.2. The van der Waals surface area contributed by atoms with Gasteiger partial charge in [-0.1, -0.05) is 6.07 Å². The molecule has 9 nitrogen and oxygen atoms in total. The summed E-state index contributed by atoms with van der Waals surface area (Å²) < 4.78 is 11.1. The summed E-state index contributed by atoms with van der Waals surface area (Å²) in [5.74, 6) is -0.0846. The van der Waals surface area contributed by atoms with Gasteiger partial charge < -0.3 is 14.8 Å². The van der Waals surface area contributed by atoms with Crippen molar-refractivity contribution in [1.82, 2.24) is 20.5 Å². The number of ether oxygens (including phenoxy) is 2. The minimum atomic E-state index is -0.807. The van der Waals surface area contributed by atoms with Crippen molar-refractivity contribution in [2.45, 2.75) is 20.3 Å². The summed E-state index contributed by atoms with van der Waals surface area (Å²) in [6.45, 7) is 5.19. The first-order valence-corrected chi connectivity index (χ1v) is 7.97. The fraction of sp³-hybridized carbons (Fsp3) is 0.375. The summed E-state index contributed by atoms with van der Waals surface area (Å²) in [6, 6.07) is 5.60. The van der Waals surface area contributed by atoms with Crippen molar-refractivity contribution in [3.63, 3.8) is 0 Å². The Morgan fingerprint density at radius 3 is 2.56 bits per heavy atom. The summed E-state index contributed by atoms with van der Waals surface area (Å²) in [4.78, 5) is 27.1. The highest BCUT2D eigenvalue weighted by molar-refractivity contribution is 6.39. The van der Waals surface area contributed by atoms with Gasteiger partial charge in [-0.2, -0.15) is 10.1 Å². The fourth-order valence-electron chi connectivity index (χ4n) is 2.08. The first-order chi connectivity index (χ1) is 12.1. The van der Waals surface area contributed by atoms with Gasteiger partial charge in [-0.15, -0.1) is 0 Å². The van der Waals surface area contributed by atoms with Crippen molar-refractivity contribution in [2.24, 2.45) is 0 Å². The van der Waals surface area contributed by atoms with Crippen LogP contribution >= 0.6 is 0 Å². The molecule has 25 heavy (non-hydrogen) atoms. The van der Waals surface area contributed by atoms with Crippen LogP contribution in [0.4, 0.5) is 5.95 Å². The van der Waals surface area contributed by atoms with E-state index in [9.17, 15) is 9.59 Å². The topological polar surface area (TPSA) is 118 Å². The molecule has 0 atom stereocenters. The lowest BCUT2D eigenvalue weighted by Crippen LogP contribution is -2.36. The molecule has 3 N–H and O–H groups in total. The zero-order valence-corrected chi connectivity index (χ0v) is 14.2. The van der Waals surface area contributed by atoms with Crippen molar-refractivity contribution in [3.05, 3.63) is 30.1 Å². The Labute approximate surface area is 145 Å². The van der Waals surface area contributed by atoms with E-state index < -0.39 is 11.8 Å². The van der Waals surface area contributed by atoms with Gasteiger partial charge in [-0.05, 0) is 38.0 Å². The number of aromatic nitrogens is 3. The smallest absolute Gasteiger partial charge is 0.316 e. The zero-order valence-electron chi connectivity index (χ0n) is 14.2. The molecule has 0 spiro atoms. The van der Waals surface area contributed by atoms with Crippen molar-refractivity contribution in [2.75, 3.05) is 25.1 Å². The standard InChI is InChI=1S/C16H21N5O4/c1-3-24-12-6-5-11(9-13(12)25-4-2)7-8-17-14(22)15(23)20-16-18-10-19-21-16/h5-6,9-10H,3-4,7-8H2,1-2H3,(H,17,22)(H2,18,19,20,21,23). The van der Waals surface area contributed by atoms with Gasteiger partial charge in [0.25, 0.3) is 0 Å². The Morgan fingerprint density at radius 2 is 1.88 bits per heavy atom. The minimum Gasteiger partial charge on any atom is -0.490 e. The Hall–Kier alpha value is -3.10. The third kappa shape index (κ3) is 5.48. The van der Waals surface area contributed by atoms with Crippen LogP contribution in [-0.4, -0.2) is 46.8 Å². The summed E-state index contributed by atoms with van der Waals surface area (Å²) in [5.41, 5.74) is 0.961. The highest BCUT2D eigenvalue weighted by Crippen LogP contribution is 2.28. The summed E-state index contributed by atoms with van der Waals surface area (Å²) in [6.07, 6.45) is 1.78. The number of H-pyrrole nitrogens is 1. The van der Waals surface area contributed by atoms with Crippen LogP contribution < -0.4 is 20.1 Å². The van der Waals surface area contributed by atoms with Crippen LogP contribution in [0.15, 0.2) is 24.5 Å². The predicted octanol–water partition coefficient (Wildman–Crippen LogP) is 0.899. The van der Waals surface area contributed by atoms with Crippen LogP contribution in [0.25, 0.3) is 0 Å². The molecule has 2 aromatic rings.